The maximum Gasteiger partial charge on any atom is 0.416 e. The molecule has 0 aliphatic carbocycles. The first-order valence-electron chi connectivity index (χ1n) is 14.0. The third-order valence-corrected chi connectivity index (χ3v) is 7.36. The summed E-state index contributed by atoms with van der Waals surface area (Å²) >= 11 is 0. The average Bonchev–Trinajstić information content (AvgIpc) is 3.32. The van der Waals surface area contributed by atoms with Crippen molar-refractivity contribution in [2.24, 2.45) is 0 Å². The van der Waals surface area contributed by atoms with Crippen LogP contribution in [-0.2, 0) is 30.2 Å². The number of carbonyl (C=O) groups is 2. The summed E-state index contributed by atoms with van der Waals surface area (Å²) in [5.74, 6) is -1.80. The number of aliphatic hydroxyl groups is 1. The maximum atomic E-state index is 15.2. The molecule has 0 spiro atoms. The molecule has 5 rings (SSSR count). The molecule has 2 aliphatic rings. The lowest BCUT2D eigenvalue weighted by atomic mass is 9.84. The summed E-state index contributed by atoms with van der Waals surface area (Å²) in [5, 5.41) is 18.2. The molecule has 0 saturated heterocycles. The number of amides is 1. The minimum Gasteiger partial charge on any atom is -0.490 e. The lowest BCUT2D eigenvalue weighted by Gasteiger charge is -2.25. The van der Waals surface area contributed by atoms with E-state index in [0.29, 0.717) is 53.0 Å². The summed E-state index contributed by atoms with van der Waals surface area (Å²) in [6.45, 7) is 9.52. The van der Waals surface area contributed by atoms with Crippen molar-refractivity contribution in [1.29, 1.82) is 0 Å². The summed E-state index contributed by atoms with van der Waals surface area (Å²) in [6, 6.07) is 7.16. The molecule has 1 amide bonds. The maximum absolute atomic E-state index is 15.2. The smallest absolute Gasteiger partial charge is 0.416 e. The van der Waals surface area contributed by atoms with Crippen LogP contribution in [0, 0.1) is 19.7 Å². The Morgan fingerprint density at radius 2 is 1.63 bits per heavy atom. The fraction of sp³-hybridized carbons (Fsp3) is 0.394. The number of nitrogens with zero attached hydrogens (tertiary/aromatic N) is 1. The lowest BCUT2D eigenvalue weighted by Crippen LogP contribution is -2.29. The Balaban J connectivity index is 0.000000782. The van der Waals surface area contributed by atoms with Gasteiger partial charge in [-0.2, -0.15) is 13.2 Å². The molecule has 3 aromatic carbocycles. The van der Waals surface area contributed by atoms with E-state index in [1.807, 2.05) is 6.92 Å². The highest BCUT2D eigenvalue weighted by atomic mass is 19.4. The highest BCUT2D eigenvalue weighted by Crippen LogP contribution is 2.45. The van der Waals surface area contributed by atoms with Crippen LogP contribution in [0.3, 0.4) is 0 Å². The zero-order chi connectivity index (χ0) is 31.9. The van der Waals surface area contributed by atoms with Gasteiger partial charge in [-0.1, -0.05) is 0 Å². The van der Waals surface area contributed by atoms with Crippen molar-refractivity contribution < 1.29 is 42.1 Å². The number of ether oxygens (including phenoxy) is 1. The van der Waals surface area contributed by atoms with Crippen molar-refractivity contribution in [2.75, 3.05) is 18.1 Å². The molecule has 0 bridgehead atoms. The normalized spacial score (nSPS) is 14.3. The van der Waals surface area contributed by atoms with Gasteiger partial charge >= 0.3 is 12.1 Å². The number of carboxylic acids is 1. The highest BCUT2D eigenvalue weighted by molar-refractivity contribution is 6.08. The zero-order valence-electron chi connectivity index (χ0n) is 24.8. The van der Waals surface area contributed by atoms with Crippen molar-refractivity contribution in [3.8, 4) is 16.9 Å². The molecule has 0 atom stereocenters. The number of anilines is 1. The minimum absolute atomic E-state index is 0.104. The van der Waals surface area contributed by atoms with Crippen LogP contribution in [0.25, 0.3) is 11.1 Å². The van der Waals surface area contributed by atoms with Crippen molar-refractivity contribution in [3.05, 3.63) is 81.2 Å². The SMILES string of the molecule is CC(C)(C)O.Cc1cc2c(c(-c3cc(F)c4c(c3C)CCCO4)c1CC(=O)O)CCN2C(=O)c1ccc(C(F)(F)F)cc1. The van der Waals surface area contributed by atoms with Crippen LogP contribution in [-0.4, -0.2) is 40.8 Å². The Labute approximate surface area is 247 Å². The quantitative estimate of drug-likeness (QED) is 0.313. The van der Waals surface area contributed by atoms with Gasteiger partial charge in [0.2, 0.25) is 0 Å². The Morgan fingerprint density at radius 3 is 2.21 bits per heavy atom. The minimum atomic E-state index is -4.51. The number of aryl methyl sites for hydroxylation is 1. The van der Waals surface area contributed by atoms with E-state index in [4.69, 9.17) is 9.84 Å². The van der Waals surface area contributed by atoms with Crippen molar-refractivity contribution in [1.82, 2.24) is 0 Å². The summed E-state index contributed by atoms with van der Waals surface area (Å²) < 4.78 is 59.7. The topological polar surface area (TPSA) is 87.1 Å². The van der Waals surface area contributed by atoms with Gasteiger partial charge in [0.25, 0.3) is 5.91 Å². The third-order valence-electron chi connectivity index (χ3n) is 7.36. The van der Waals surface area contributed by atoms with Gasteiger partial charge in [-0.15, -0.1) is 0 Å². The molecule has 0 radical (unpaired) electrons. The summed E-state index contributed by atoms with van der Waals surface area (Å²) in [4.78, 5) is 26.7. The predicted octanol–water partition coefficient (Wildman–Crippen LogP) is 7.06. The van der Waals surface area contributed by atoms with Crippen LogP contribution in [0.1, 0.15) is 70.9 Å². The number of benzene rings is 3. The molecule has 0 saturated carbocycles. The van der Waals surface area contributed by atoms with Crippen LogP contribution < -0.4 is 9.64 Å². The van der Waals surface area contributed by atoms with Crippen LogP contribution in [0.4, 0.5) is 23.2 Å². The van der Waals surface area contributed by atoms with E-state index in [-0.39, 0.29) is 24.3 Å². The molecule has 10 heteroatoms. The third kappa shape index (κ3) is 7.01. The second-order valence-corrected chi connectivity index (χ2v) is 11.9. The van der Waals surface area contributed by atoms with E-state index in [1.54, 1.807) is 33.8 Å². The standard InChI is InChI=1S/C29H25F4NO4.C4H10O/c1-15-12-24-20(9-10-34(24)28(37)17-5-7-18(8-6-17)29(31,32)33)26(21(15)14-25(35)36)22-13-23(30)27-19(16(22)2)4-3-11-38-27;1-4(2,3)5/h5-8,12-13H,3-4,9-11,14H2,1-2H3,(H,35,36);5H,1-3H3. The van der Waals surface area contributed by atoms with E-state index in [0.717, 1.165) is 41.8 Å². The van der Waals surface area contributed by atoms with Gasteiger partial charge in [-0.05, 0) is 124 Å². The van der Waals surface area contributed by atoms with E-state index >= 15 is 4.39 Å². The molecular formula is C33H35F4NO5. The second-order valence-electron chi connectivity index (χ2n) is 11.9. The molecule has 3 aromatic rings. The van der Waals surface area contributed by atoms with Crippen LogP contribution in [0.15, 0.2) is 36.4 Å². The molecule has 2 heterocycles. The summed E-state index contributed by atoms with van der Waals surface area (Å²) in [5.41, 5.74) is 3.89. The Kier molecular flexibility index (Phi) is 8.92. The summed E-state index contributed by atoms with van der Waals surface area (Å²) in [6.07, 6.45) is -3.04. The van der Waals surface area contributed by atoms with Crippen LogP contribution >= 0.6 is 0 Å². The van der Waals surface area contributed by atoms with Crippen molar-refractivity contribution in [3.63, 3.8) is 0 Å². The van der Waals surface area contributed by atoms with Gasteiger partial charge in [0.15, 0.2) is 11.6 Å². The van der Waals surface area contributed by atoms with E-state index in [1.165, 1.54) is 11.0 Å². The molecule has 2 N–H and O–H groups in total. The molecular weight excluding hydrogens is 566 g/mol. The molecule has 0 aromatic heterocycles. The number of aliphatic carboxylic acids is 1. The van der Waals surface area contributed by atoms with Crippen molar-refractivity contribution in [2.45, 2.75) is 72.1 Å². The largest absolute Gasteiger partial charge is 0.490 e. The van der Waals surface area contributed by atoms with Gasteiger partial charge in [0.05, 0.1) is 24.2 Å². The van der Waals surface area contributed by atoms with Crippen molar-refractivity contribution >= 4 is 17.6 Å². The van der Waals surface area contributed by atoms with Gasteiger partial charge in [-0.3, -0.25) is 9.59 Å². The lowest BCUT2D eigenvalue weighted by molar-refractivity contribution is -0.138. The molecule has 6 nitrogen and oxygen atoms in total. The fourth-order valence-electron chi connectivity index (χ4n) is 5.51. The van der Waals surface area contributed by atoms with Gasteiger partial charge < -0.3 is 19.8 Å². The highest BCUT2D eigenvalue weighted by Gasteiger charge is 2.34. The second kappa shape index (κ2) is 12.0. The van der Waals surface area contributed by atoms with E-state index in [2.05, 4.69) is 0 Å². The zero-order valence-corrected chi connectivity index (χ0v) is 24.8. The number of rotatable bonds is 4. The fourth-order valence-corrected chi connectivity index (χ4v) is 5.51. The van der Waals surface area contributed by atoms with Crippen LogP contribution in [0.2, 0.25) is 0 Å². The molecule has 230 valence electrons. The van der Waals surface area contributed by atoms with Gasteiger partial charge in [0.1, 0.15) is 0 Å². The molecule has 43 heavy (non-hydrogen) atoms. The van der Waals surface area contributed by atoms with Gasteiger partial charge in [0, 0.05) is 23.4 Å². The van der Waals surface area contributed by atoms with E-state index in [9.17, 15) is 27.9 Å². The number of hydrogen-bond donors (Lipinski definition) is 2. The van der Waals surface area contributed by atoms with Crippen LogP contribution in [0.5, 0.6) is 5.75 Å². The first kappa shape index (κ1) is 32.0. The summed E-state index contributed by atoms with van der Waals surface area (Å²) in [7, 11) is 0. The Hall–Kier alpha value is -3.92. The number of carboxylic acid groups (broad SMARTS) is 1. The predicted molar refractivity (Wildman–Crippen MR) is 155 cm³/mol. The number of fused-ring (bicyclic) bond motifs is 2. The monoisotopic (exact) mass is 601 g/mol. The van der Waals surface area contributed by atoms with E-state index < -0.39 is 35.0 Å². The number of carbonyl (C=O) groups excluding carboxylic acids is 1. The Bertz CT molecular complexity index is 1550. The Morgan fingerprint density at radius 1 is 1.00 bits per heavy atom. The average molecular weight is 602 g/mol. The van der Waals surface area contributed by atoms with Gasteiger partial charge in [-0.25, -0.2) is 4.39 Å². The molecule has 0 fully saturated rings. The number of alkyl halides is 3. The molecule has 2 aliphatic heterocycles. The first-order chi connectivity index (χ1) is 20.0. The number of halogens is 4. The number of hydrogen-bond acceptors (Lipinski definition) is 4. The first-order valence-corrected chi connectivity index (χ1v) is 14.0. The molecule has 0 unspecified atom stereocenters.